The topological polar surface area (TPSA) is 196 Å². The van der Waals surface area contributed by atoms with Gasteiger partial charge in [0.05, 0.1) is 30.1 Å². The molecule has 0 radical (unpaired) electrons. The molecule has 5 rings (SSSR count). The Balaban J connectivity index is 1.43. The summed E-state index contributed by atoms with van der Waals surface area (Å²) in [7, 11) is 1.26. The molecule has 44 heavy (non-hydrogen) atoms. The van der Waals surface area contributed by atoms with Gasteiger partial charge in [0.25, 0.3) is 5.56 Å². The van der Waals surface area contributed by atoms with Crippen LogP contribution in [0.2, 0.25) is 5.02 Å². The summed E-state index contributed by atoms with van der Waals surface area (Å²) in [5.41, 5.74) is 9.09. The van der Waals surface area contributed by atoms with Gasteiger partial charge in [0, 0.05) is 28.5 Å². The molecule has 0 fully saturated rings. The molecule has 5 aromatic rings. The number of hydrogen-bond donors (Lipinski definition) is 4. The van der Waals surface area contributed by atoms with E-state index >= 15 is 0 Å². The number of anilines is 2. The normalized spacial score (nSPS) is 11.7. The third-order valence-electron chi connectivity index (χ3n) is 6.41. The lowest BCUT2D eigenvalue weighted by Crippen LogP contribution is -2.30. The number of methoxy groups -OCH3 is 1. The number of hydrogen-bond acceptors (Lipinski definition) is 10. The van der Waals surface area contributed by atoms with E-state index in [4.69, 9.17) is 17.3 Å². The monoisotopic (exact) mass is 612 g/mol. The van der Waals surface area contributed by atoms with Crippen molar-refractivity contribution in [1.29, 1.82) is 0 Å². The lowest BCUT2D eigenvalue weighted by Gasteiger charge is -2.18. The molecule has 0 aliphatic rings. The van der Waals surface area contributed by atoms with Crippen molar-refractivity contribution in [2.45, 2.75) is 12.5 Å². The first-order valence-corrected chi connectivity index (χ1v) is 13.4. The highest BCUT2D eigenvalue weighted by atomic mass is 35.5. The number of halogens is 1. The molecule has 2 amide bonds. The second kappa shape index (κ2) is 13.4. The third kappa shape index (κ3) is 7.30. The van der Waals surface area contributed by atoms with E-state index in [0.29, 0.717) is 51.0 Å². The average Bonchev–Trinajstić information content (AvgIpc) is 3.56. The average molecular weight is 613 g/mol. The van der Waals surface area contributed by atoms with Crippen LogP contribution in [0.15, 0.2) is 84.1 Å². The number of amides is 2. The summed E-state index contributed by atoms with van der Waals surface area (Å²) >= 11 is 6.20. The molecule has 3 aromatic heterocycles. The molecule has 0 aliphatic heterocycles. The second-order valence-electron chi connectivity index (χ2n) is 9.38. The Morgan fingerprint density at radius 2 is 1.95 bits per heavy atom. The fraction of sp³-hybridized carbons (Fsp3) is 0.103. The van der Waals surface area contributed by atoms with Crippen LogP contribution in [0.4, 0.5) is 16.3 Å². The van der Waals surface area contributed by atoms with E-state index in [-0.39, 0.29) is 0 Å². The molecule has 1 unspecified atom stereocenters. The number of ether oxygens (including phenoxy) is 1. The summed E-state index contributed by atoms with van der Waals surface area (Å²) in [4.78, 5) is 41.7. The van der Waals surface area contributed by atoms with E-state index in [2.05, 4.69) is 46.1 Å². The Labute approximate surface area is 254 Å². The Morgan fingerprint density at radius 1 is 1.14 bits per heavy atom. The van der Waals surface area contributed by atoms with Crippen molar-refractivity contribution in [3.8, 4) is 16.8 Å². The molecular formula is C29H25ClN10O4. The number of rotatable bonds is 9. The maximum Gasteiger partial charge on any atom is 0.411 e. The summed E-state index contributed by atoms with van der Waals surface area (Å²) in [5.74, 6) is -0.0828. The fourth-order valence-corrected chi connectivity index (χ4v) is 4.44. The van der Waals surface area contributed by atoms with Crippen LogP contribution in [0.3, 0.4) is 0 Å². The van der Waals surface area contributed by atoms with Gasteiger partial charge in [-0.3, -0.25) is 14.9 Å². The molecular weight excluding hydrogens is 588 g/mol. The molecule has 0 saturated heterocycles. The van der Waals surface area contributed by atoms with E-state index < -0.39 is 23.6 Å². The molecule has 5 N–H and O–H groups in total. The maximum absolute atomic E-state index is 13.2. The molecule has 1 atom stereocenters. The summed E-state index contributed by atoms with van der Waals surface area (Å²) in [6.07, 6.45) is 5.66. The zero-order valence-corrected chi connectivity index (χ0v) is 23.9. The van der Waals surface area contributed by atoms with Crippen LogP contribution in [0, 0.1) is 0 Å². The molecule has 0 bridgehead atoms. The van der Waals surface area contributed by atoms with Crippen molar-refractivity contribution in [3.05, 3.63) is 111 Å². The number of carbonyl (C=O) groups is 2. The van der Waals surface area contributed by atoms with Crippen molar-refractivity contribution >= 4 is 41.2 Å². The largest absolute Gasteiger partial charge is 0.453 e. The Morgan fingerprint density at radius 3 is 2.66 bits per heavy atom. The minimum absolute atomic E-state index is 0.292. The number of pyridine rings is 1. The van der Waals surface area contributed by atoms with Crippen LogP contribution in [0.1, 0.15) is 22.9 Å². The number of aromatic nitrogens is 7. The summed E-state index contributed by atoms with van der Waals surface area (Å²) < 4.78 is 6.06. The highest BCUT2D eigenvalue weighted by molar-refractivity contribution is 6.30. The summed E-state index contributed by atoms with van der Waals surface area (Å²) in [6, 6.07) is 16.1. The highest BCUT2D eigenvalue weighted by Crippen LogP contribution is 2.24. The minimum Gasteiger partial charge on any atom is -0.453 e. The second-order valence-corrected chi connectivity index (χ2v) is 9.81. The number of nitrogen functional groups attached to an aromatic ring is 1. The van der Waals surface area contributed by atoms with Crippen LogP contribution in [-0.4, -0.2) is 54.5 Å². The van der Waals surface area contributed by atoms with Gasteiger partial charge >= 0.3 is 6.09 Å². The van der Waals surface area contributed by atoms with Crippen molar-refractivity contribution in [3.63, 3.8) is 0 Å². The SMILES string of the molecule is COC(=O)Nc1ccc(-c2cc(C(Cc3ccc(N)nc3)NC(=O)C=Cc3cc(Cl)ccc3-n3cnnn3)n[nH]c2=O)cc1. The van der Waals surface area contributed by atoms with Crippen LogP contribution >= 0.6 is 11.6 Å². The Hall–Kier alpha value is -5.89. The Kier molecular flexibility index (Phi) is 9.01. The van der Waals surface area contributed by atoms with Gasteiger partial charge in [-0.25, -0.2) is 14.9 Å². The van der Waals surface area contributed by atoms with Crippen molar-refractivity contribution in [1.82, 2.24) is 40.7 Å². The van der Waals surface area contributed by atoms with Gasteiger partial charge in [-0.1, -0.05) is 29.8 Å². The molecule has 222 valence electrons. The number of nitrogens with two attached hydrogens (primary N) is 1. The van der Waals surface area contributed by atoms with E-state index in [1.165, 1.54) is 24.2 Å². The van der Waals surface area contributed by atoms with E-state index in [9.17, 15) is 14.4 Å². The number of benzene rings is 2. The number of nitrogens with zero attached hydrogens (tertiary/aromatic N) is 6. The molecule has 2 aromatic carbocycles. The van der Waals surface area contributed by atoms with Crippen molar-refractivity contribution in [2.75, 3.05) is 18.2 Å². The third-order valence-corrected chi connectivity index (χ3v) is 6.65. The molecule has 0 saturated carbocycles. The van der Waals surface area contributed by atoms with Crippen LogP contribution in [0.5, 0.6) is 0 Å². The number of aromatic amines is 1. The standard InChI is InChI=1S/C29H25ClN10O4/c1-44-29(43)34-21-7-3-18(4-8-21)22-14-24(36-37-28(22)42)23(12-17-2-10-26(31)32-15-17)35-27(41)11-5-19-13-20(30)6-9-25(19)40-16-33-38-39-40/h2-11,13-16,23H,12H2,1H3,(H2,31,32)(H,34,43)(H,35,41)(H,37,42). The first kappa shape index (κ1) is 29.6. The zero-order chi connectivity index (χ0) is 31.1. The number of nitrogens with one attached hydrogen (secondary N) is 3. The molecule has 14 nitrogen and oxygen atoms in total. The predicted molar refractivity (Wildman–Crippen MR) is 163 cm³/mol. The van der Waals surface area contributed by atoms with Crippen molar-refractivity contribution < 1.29 is 14.3 Å². The molecule has 3 heterocycles. The van der Waals surface area contributed by atoms with Crippen molar-refractivity contribution in [2.24, 2.45) is 0 Å². The van der Waals surface area contributed by atoms with Gasteiger partial charge in [-0.15, -0.1) is 5.10 Å². The quantitative estimate of drug-likeness (QED) is 0.179. The molecule has 0 aliphatic carbocycles. The van der Waals surface area contributed by atoms with Crippen LogP contribution in [-0.2, 0) is 16.0 Å². The van der Waals surface area contributed by atoms with Gasteiger partial charge < -0.3 is 15.8 Å². The maximum atomic E-state index is 13.2. The van der Waals surface area contributed by atoms with E-state index in [1.54, 1.807) is 72.9 Å². The fourth-order valence-electron chi connectivity index (χ4n) is 4.26. The lowest BCUT2D eigenvalue weighted by atomic mass is 10.0. The highest BCUT2D eigenvalue weighted by Gasteiger charge is 2.19. The first-order chi connectivity index (χ1) is 21.3. The smallest absolute Gasteiger partial charge is 0.411 e. The molecule has 15 heteroatoms. The van der Waals surface area contributed by atoms with Gasteiger partial charge in [0.2, 0.25) is 5.91 Å². The number of tetrazole rings is 1. The first-order valence-electron chi connectivity index (χ1n) is 13.1. The van der Waals surface area contributed by atoms with Gasteiger partial charge in [0.15, 0.2) is 0 Å². The number of carbonyl (C=O) groups excluding carboxylic acids is 2. The number of H-pyrrole nitrogens is 1. The minimum atomic E-state index is -0.674. The van der Waals surface area contributed by atoms with Gasteiger partial charge in [-0.2, -0.15) is 9.78 Å². The van der Waals surface area contributed by atoms with E-state index in [1.807, 2.05) is 0 Å². The van der Waals surface area contributed by atoms with Gasteiger partial charge in [-0.05, 0) is 76.5 Å². The summed E-state index contributed by atoms with van der Waals surface area (Å²) in [6.45, 7) is 0. The lowest BCUT2D eigenvalue weighted by molar-refractivity contribution is -0.117. The summed E-state index contributed by atoms with van der Waals surface area (Å²) in [5, 5.41) is 24.0. The Bertz CT molecular complexity index is 1860. The van der Waals surface area contributed by atoms with Crippen LogP contribution in [0.25, 0.3) is 22.9 Å². The van der Waals surface area contributed by atoms with Crippen LogP contribution < -0.4 is 21.9 Å². The van der Waals surface area contributed by atoms with Gasteiger partial charge in [0.1, 0.15) is 12.1 Å². The zero-order valence-electron chi connectivity index (χ0n) is 23.1. The predicted octanol–water partition coefficient (Wildman–Crippen LogP) is 3.33. The van der Waals surface area contributed by atoms with E-state index in [0.717, 1.165) is 5.56 Å². The molecule has 0 spiro atoms.